The molecule has 3 N–H and O–H groups in total. The van der Waals surface area contributed by atoms with E-state index >= 15 is 0 Å². The van der Waals surface area contributed by atoms with Crippen LogP contribution in [-0.2, 0) is 9.59 Å². The van der Waals surface area contributed by atoms with E-state index in [0.717, 1.165) is 0 Å². The summed E-state index contributed by atoms with van der Waals surface area (Å²) in [7, 11) is 1.59. The number of nitrogens with zero attached hydrogens (tertiary/aromatic N) is 1. The number of rotatable bonds is 5. The molecule has 1 aromatic carbocycles. The molecule has 7 nitrogen and oxygen atoms in total. The van der Waals surface area contributed by atoms with Crippen LogP contribution in [0.15, 0.2) is 24.3 Å². The van der Waals surface area contributed by atoms with Crippen LogP contribution in [0.3, 0.4) is 0 Å². The highest BCUT2D eigenvalue weighted by molar-refractivity contribution is 9.09. The SMILES string of the molecule is COc1ccccc1NC(=O)C1CCN(C(=O)C2NNC(C(C)C)C2Br)CC1. The van der Waals surface area contributed by atoms with E-state index in [1.807, 2.05) is 29.2 Å². The van der Waals surface area contributed by atoms with Crippen LogP contribution in [0, 0.1) is 11.8 Å². The summed E-state index contributed by atoms with van der Waals surface area (Å²) < 4.78 is 5.29. The predicted octanol–water partition coefficient (Wildman–Crippen LogP) is 2.14. The number of hydrogen-bond donors (Lipinski definition) is 3. The summed E-state index contributed by atoms with van der Waals surface area (Å²) in [4.78, 5) is 27.5. The number of nitrogens with one attached hydrogen (secondary N) is 3. The molecule has 2 aliphatic rings. The molecule has 2 saturated heterocycles. The van der Waals surface area contributed by atoms with E-state index < -0.39 is 0 Å². The van der Waals surface area contributed by atoms with E-state index in [1.54, 1.807) is 7.11 Å². The summed E-state index contributed by atoms with van der Waals surface area (Å²) >= 11 is 3.68. The smallest absolute Gasteiger partial charge is 0.242 e. The zero-order chi connectivity index (χ0) is 20.3. The first-order valence-electron chi connectivity index (χ1n) is 9.80. The van der Waals surface area contributed by atoms with E-state index in [9.17, 15) is 9.59 Å². The Hall–Kier alpha value is -1.64. The Labute approximate surface area is 174 Å². The normalized spacial score (nSPS) is 25.8. The van der Waals surface area contributed by atoms with Crippen LogP contribution in [0.4, 0.5) is 5.69 Å². The van der Waals surface area contributed by atoms with Crippen molar-refractivity contribution < 1.29 is 14.3 Å². The molecule has 2 fully saturated rings. The Kier molecular flexibility index (Phi) is 6.95. The fourth-order valence-corrected chi connectivity index (χ4v) is 4.93. The summed E-state index contributed by atoms with van der Waals surface area (Å²) in [5, 5.41) is 2.96. The lowest BCUT2D eigenvalue weighted by atomic mass is 9.94. The Balaban J connectivity index is 1.53. The van der Waals surface area contributed by atoms with E-state index in [-0.39, 0.29) is 34.6 Å². The van der Waals surface area contributed by atoms with Crippen LogP contribution in [0.1, 0.15) is 26.7 Å². The van der Waals surface area contributed by atoms with Gasteiger partial charge in [-0.3, -0.25) is 15.0 Å². The number of anilines is 1. The average molecular weight is 453 g/mol. The Morgan fingerprint density at radius 2 is 1.89 bits per heavy atom. The number of ether oxygens (including phenoxy) is 1. The highest BCUT2D eigenvalue weighted by Crippen LogP contribution is 2.27. The molecular weight excluding hydrogens is 424 g/mol. The third kappa shape index (κ3) is 4.50. The fraction of sp³-hybridized carbons (Fsp3) is 0.600. The van der Waals surface area contributed by atoms with Crippen molar-refractivity contribution in [3.8, 4) is 5.75 Å². The van der Waals surface area contributed by atoms with Crippen LogP contribution in [0.25, 0.3) is 0 Å². The molecule has 3 rings (SSSR count). The number of likely N-dealkylation sites (tertiary alicyclic amines) is 1. The lowest BCUT2D eigenvalue weighted by molar-refractivity contribution is -0.136. The highest BCUT2D eigenvalue weighted by atomic mass is 79.9. The maximum atomic E-state index is 12.9. The summed E-state index contributed by atoms with van der Waals surface area (Å²) in [5.74, 6) is 1.02. The topological polar surface area (TPSA) is 82.7 Å². The van der Waals surface area contributed by atoms with Gasteiger partial charge in [0.1, 0.15) is 11.8 Å². The average Bonchev–Trinajstić information content (AvgIpc) is 3.09. The van der Waals surface area contributed by atoms with Crippen molar-refractivity contribution in [1.29, 1.82) is 0 Å². The molecule has 154 valence electrons. The second kappa shape index (κ2) is 9.24. The molecule has 8 heteroatoms. The second-order valence-electron chi connectivity index (χ2n) is 7.77. The van der Waals surface area contributed by atoms with Gasteiger partial charge < -0.3 is 15.0 Å². The van der Waals surface area contributed by atoms with Crippen molar-refractivity contribution in [2.75, 3.05) is 25.5 Å². The Morgan fingerprint density at radius 1 is 1.21 bits per heavy atom. The van der Waals surface area contributed by atoms with Crippen molar-refractivity contribution in [2.24, 2.45) is 11.8 Å². The zero-order valence-corrected chi connectivity index (χ0v) is 18.2. The van der Waals surface area contributed by atoms with Crippen LogP contribution >= 0.6 is 15.9 Å². The third-order valence-electron chi connectivity index (χ3n) is 5.59. The summed E-state index contributed by atoms with van der Waals surface area (Å²) in [6.07, 6.45) is 1.32. The molecule has 0 aliphatic carbocycles. The van der Waals surface area contributed by atoms with Crippen LogP contribution in [-0.4, -0.2) is 53.8 Å². The molecule has 0 saturated carbocycles. The van der Waals surface area contributed by atoms with Gasteiger partial charge in [-0.15, -0.1) is 0 Å². The molecular formula is C20H29BrN4O3. The number of hydrogen-bond acceptors (Lipinski definition) is 5. The van der Waals surface area contributed by atoms with Gasteiger partial charge in [0.25, 0.3) is 0 Å². The molecule has 0 aromatic heterocycles. The van der Waals surface area contributed by atoms with Crippen molar-refractivity contribution in [3.05, 3.63) is 24.3 Å². The molecule has 2 heterocycles. The second-order valence-corrected chi connectivity index (χ2v) is 8.83. The van der Waals surface area contributed by atoms with E-state index in [4.69, 9.17) is 4.74 Å². The molecule has 2 aliphatic heterocycles. The maximum absolute atomic E-state index is 12.9. The lowest BCUT2D eigenvalue weighted by Gasteiger charge is -2.33. The monoisotopic (exact) mass is 452 g/mol. The Bertz CT molecular complexity index is 706. The van der Waals surface area contributed by atoms with Crippen molar-refractivity contribution >= 4 is 33.4 Å². The third-order valence-corrected chi connectivity index (χ3v) is 6.69. The lowest BCUT2D eigenvalue weighted by Crippen LogP contribution is -2.51. The standard InChI is InChI=1S/C20H29BrN4O3/c1-12(2)17-16(21)18(24-23-17)20(27)25-10-8-13(9-11-25)19(26)22-14-6-4-5-7-15(14)28-3/h4-7,12-13,16-18,23-24H,8-11H2,1-3H3,(H,22,26). The van der Waals surface area contributed by atoms with Crippen molar-refractivity contribution in [3.63, 3.8) is 0 Å². The van der Waals surface area contributed by atoms with Gasteiger partial charge in [0.2, 0.25) is 11.8 Å². The maximum Gasteiger partial charge on any atom is 0.242 e. The van der Waals surface area contributed by atoms with Gasteiger partial charge in [-0.2, -0.15) is 0 Å². The van der Waals surface area contributed by atoms with Gasteiger partial charge in [0.15, 0.2) is 0 Å². The van der Waals surface area contributed by atoms with Gasteiger partial charge in [-0.05, 0) is 30.9 Å². The van der Waals surface area contributed by atoms with Crippen LogP contribution in [0.2, 0.25) is 0 Å². The molecule has 2 amide bonds. The van der Waals surface area contributed by atoms with Crippen molar-refractivity contribution in [1.82, 2.24) is 15.8 Å². The predicted molar refractivity (Wildman–Crippen MR) is 112 cm³/mol. The van der Waals surface area contributed by atoms with Gasteiger partial charge in [0, 0.05) is 25.0 Å². The first-order chi connectivity index (χ1) is 13.4. The summed E-state index contributed by atoms with van der Waals surface area (Å²) in [6.45, 7) is 5.44. The van der Waals surface area contributed by atoms with E-state index in [2.05, 4.69) is 45.9 Å². The summed E-state index contributed by atoms with van der Waals surface area (Å²) in [5.41, 5.74) is 7.03. The summed E-state index contributed by atoms with van der Waals surface area (Å²) in [6, 6.07) is 7.30. The zero-order valence-electron chi connectivity index (χ0n) is 16.6. The van der Waals surface area contributed by atoms with Gasteiger partial charge >= 0.3 is 0 Å². The van der Waals surface area contributed by atoms with Gasteiger partial charge in [-0.1, -0.05) is 41.9 Å². The molecule has 0 bridgehead atoms. The number of piperidine rings is 1. The van der Waals surface area contributed by atoms with E-state index in [1.165, 1.54) is 0 Å². The number of halogens is 1. The molecule has 0 spiro atoms. The van der Waals surface area contributed by atoms with E-state index in [0.29, 0.717) is 43.3 Å². The minimum absolute atomic E-state index is 0.0181. The first kappa shape index (κ1) is 21.1. The number of amides is 2. The molecule has 0 radical (unpaired) electrons. The number of carbonyl (C=O) groups is 2. The number of carbonyl (C=O) groups excluding carboxylic acids is 2. The fourth-order valence-electron chi connectivity index (χ4n) is 3.83. The number of alkyl halides is 1. The number of benzene rings is 1. The largest absolute Gasteiger partial charge is 0.495 e. The van der Waals surface area contributed by atoms with Gasteiger partial charge in [-0.25, -0.2) is 5.43 Å². The number of hydrazine groups is 1. The molecule has 3 atom stereocenters. The molecule has 3 unspecified atom stereocenters. The minimum Gasteiger partial charge on any atom is -0.495 e. The van der Waals surface area contributed by atoms with Crippen molar-refractivity contribution in [2.45, 2.75) is 43.6 Å². The number of para-hydroxylation sites is 2. The molecule has 28 heavy (non-hydrogen) atoms. The first-order valence-corrected chi connectivity index (χ1v) is 10.7. The minimum atomic E-state index is -0.286. The van der Waals surface area contributed by atoms with Gasteiger partial charge in [0.05, 0.1) is 17.6 Å². The molecule has 1 aromatic rings. The Morgan fingerprint density at radius 3 is 2.50 bits per heavy atom. The highest BCUT2D eigenvalue weighted by Gasteiger charge is 2.42. The van der Waals surface area contributed by atoms with Crippen LogP contribution in [0.5, 0.6) is 5.75 Å². The van der Waals surface area contributed by atoms with Crippen LogP contribution < -0.4 is 20.9 Å². The quantitative estimate of drug-likeness (QED) is 0.596. The number of methoxy groups -OCH3 is 1.